The molecule has 33 heavy (non-hydrogen) atoms. The Morgan fingerprint density at radius 1 is 1.09 bits per heavy atom. The summed E-state index contributed by atoms with van der Waals surface area (Å²) in [6.45, 7) is 2.96. The first kappa shape index (κ1) is 21.3. The Morgan fingerprint density at radius 3 is 2.67 bits per heavy atom. The summed E-state index contributed by atoms with van der Waals surface area (Å²) in [5.41, 5.74) is 2.58. The number of carbonyl (C=O) groups is 1. The van der Waals surface area contributed by atoms with Crippen molar-refractivity contribution in [3.05, 3.63) is 59.9 Å². The number of carbonyl (C=O) groups excluding carboxylic acids is 1. The average Bonchev–Trinajstić information content (AvgIpc) is 3.46. The molecule has 0 spiro atoms. The standard InChI is InChI=1S/C24H25N5O3S/c1-31-18-6-7-21(32-2)19(14-18)20-15-29-17(16-33-24(29)26-20)13-23(30)28-11-9-27(10-12-28)22-5-3-4-8-25-22/h3-8,14-16H,9-13H2,1-2H3. The molecule has 1 saturated heterocycles. The van der Waals surface area contributed by atoms with Crippen LogP contribution in [0.2, 0.25) is 0 Å². The molecule has 0 radical (unpaired) electrons. The number of rotatable bonds is 6. The summed E-state index contributed by atoms with van der Waals surface area (Å²) in [5.74, 6) is 2.56. The Morgan fingerprint density at radius 2 is 1.94 bits per heavy atom. The number of imidazole rings is 1. The van der Waals surface area contributed by atoms with Crippen LogP contribution in [0.3, 0.4) is 0 Å². The maximum atomic E-state index is 13.0. The summed E-state index contributed by atoms with van der Waals surface area (Å²) in [7, 11) is 3.28. The summed E-state index contributed by atoms with van der Waals surface area (Å²) in [4.78, 5) is 27.2. The van der Waals surface area contributed by atoms with E-state index in [2.05, 4.69) is 9.88 Å². The van der Waals surface area contributed by atoms with Gasteiger partial charge in [0, 0.05) is 55.2 Å². The van der Waals surface area contributed by atoms with Gasteiger partial charge in [0.15, 0.2) is 4.96 Å². The summed E-state index contributed by atoms with van der Waals surface area (Å²) in [5, 5.41) is 2.01. The van der Waals surface area contributed by atoms with E-state index in [0.29, 0.717) is 19.5 Å². The number of piperazine rings is 1. The summed E-state index contributed by atoms with van der Waals surface area (Å²) < 4.78 is 12.9. The van der Waals surface area contributed by atoms with Crippen LogP contribution in [-0.2, 0) is 11.2 Å². The van der Waals surface area contributed by atoms with Crippen molar-refractivity contribution in [2.75, 3.05) is 45.3 Å². The number of ether oxygens (including phenoxy) is 2. The van der Waals surface area contributed by atoms with E-state index in [9.17, 15) is 4.79 Å². The van der Waals surface area contributed by atoms with E-state index in [4.69, 9.17) is 14.5 Å². The molecule has 1 amide bonds. The second kappa shape index (κ2) is 9.11. The van der Waals surface area contributed by atoms with Crippen LogP contribution >= 0.6 is 11.3 Å². The number of anilines is 1. The molecule has 1 aliphatic rings. The fraction of sp³-hybridized carbons (Fsp3) is 0.292. The van der Waals surface area contributed by atoms with E-state index in [-0.39, 0.29) is 5.91 Å². The lowest BCUT2D eigenvalue weighted by Gasteiger charge is -2.35. The normalized spacial score (nSPS) is 14.0. The molecule has 0 N–H and O–H groups in total. The first-order chi connectivity index (χ1) is 16.2. The molecule has 4 aromatic rings. The molecular weight excluding hydrogens is 438 g/mol. The van der Waals surface area contributed by atoms with Crippen molar-refractivity contribution >= 4 is 28.0 Å². The number of benzene rings is 1. The Kier molecular flexibility index (Phi) is 5.87. The van der Waals surface area contributed by atoms with Crippen LogP contribution in [0.1, 0.15) is 5.69 Å². The molecular formula is C24H25N5O3S. The Balaban J connectivity index is 1.31. The van der Waals surface area contributed by atoms with Gasteiger partial charge in [-0.25, -0.2) is 9.97 Å². The van der Waals surface area contributed by atoms with E-state index in [1.54, 1.807) is 20.4 Å². The molecule has 0 saturated carbocycles. The van der Waals surface area contributed by atoms with Gasteiger partial charge < -0.3 is 19.3 Å². The minimum Gasteiger partial charge on any atom is -0.497 e. The number of amides is 1. The zero-order valence-corrected chi connectivity index (χ0v) is 19.4. The van der Waals surface area contributed by atoms with Gasteiger partial charge in [-0.1, -0.05) is 6.07 Å². The van der Waals surface area contributed by atoms with Gasteiger partial charge in [0.05, 0.1) is 26.3 Å². The number of aromatic nitrogens is 3. The third-order valence-electron chi connectivity index (χ3n) is 5.90. The highest BCUT2D eigenvalue weighted by molar-refractivity contribution is 7.15. The zero-order valence-electron chi connectivity index (χ0n) is 18.6. The van der Waals surface area contributed by atoms with Crippen LogP contribution in [0.15, 0.2) is 54.2 Å². The Labute approximate surface area is 196 Å². The smallest absolute Gasteiger partial charge is 0.228 e. The second-order valence-electron chi connectivity index (χ2n) is 7.80. The van der Waals surface area contributed by atoms with E-state index in [1.807, 2.05) is 57.3 Å². The lowest BCUT2D eigenvalue weighted by atomic mass is 10.1. The van der Waals surface area contributed by atoms with Gasteiger partial charge >= 0.3 is 0 Å². The third-order valence-corrected chi connectivity index (χ3v) is 6.79. The number of nitrogens with zero attached hydrogens (tertiary/aromatic N) is 5. The molecule has 5 rings (SSSR count). The molecule has 1 aromatic carbocycles. The minimum absolute atomic E-state index is 0.129. The molecule has 1 aliphatic heterocycles. The van der Waals surface area contributed by atoms with Gasteiger partial charge in [-0.05, 0) is 30.3 Å². The number of methoxy groups -OCH3 is 2. The molecule has 0 unspecified atom stereocenters. The van der Waals surface area contributed by atoms with Crippen molar-refractivity contribution in [3.8, 4) is 22.8 Å². The predicted octanol–water partition coefficient (Wildman–Crippen LogP) is 3.37. The van der Waals surface area contributed by atoms with Crippen molar-refractivity contribution < 1.29 is 14.3 Å². The summed E-state index contributed by atoms with van der Waals surface area (Å²) in [6.07, 6.45) is 4.11. The van der Waals surface area contributed by atoms with Gasteiger partial charge in [0.25, 0.3) is 0 Å². The van der Waals surface area contributed by atoms with Crippen molar-refractivity contribution in [1.29, 1.82) is 0 Å². The van der Waals surface area contributed by atoms with Gasteiger partial charge in [0.2, 0.25) is 5.91 Å². The van der Waals surface area contributed by atoms with Crippen LogP contribution in [-0.4, -0.2) is 65.6 Å². The van der Waals surface area contributed by atoms with Crippen molar-refractivity contribution in [3.63, 3.8) is 0 Å². The number of hydrogen-bond acceptors (Lipinski definition) is 7. The molecule has 4 heterocycles. The number of thiazole rings is 1. The predicted molar refractivity (Wildman–Crippen MR) is 128 cm³/mol. The molecule has 8 nitrogen and oxygen atoms in total. The van der Waals surface area contributed by atoms with Crippen LogP contribution in [0, 0.1) is 0 Å². The number of fused-ring (bicyclic) bond motifs is 1. The lowest BCUT2D eigenvalue weighted by molar-refractivity contribution is -0.130. The first-order valence-electron chi connectivity index (χ1n) is 10.8. The fourth-order valence-electron chi connectivity index (χ4n) is 4.09. The van der Waals surface area contributed by atoms with Crippen molar-refractivity contribution in [2.45, 2.75) is 6.42 Å². The van der Waals surface area contributed by atoms with Crippen LogP contribution < -0.4 is 14.4 Å². The van der Waals surface area contributed by atoms with Crippen LogP contribution in [0.25, 0.3) is 16.2 Å². The Hall–Kier alpha value is -3.59. The van der Waals surface area contributed by atoms with Gasteiger partial charge in [-0.2, -0.15) is 0 Å². The van der Waals surface area contributed by atoms with E-state index in [1.165, 1.54) is 11.3 Å². The lowest BCUT2D eigenvalue weighted by Crippen LogP contribution is -2.49. The fourth-order valence-corrected chi connectivity index (χ4v) is 4.97. The van der Waals surface area contributed by atoms with Crippen molar-refractivity contribution in [2.24, 2.45) is 0 Å². The van der Waals surface area contributed by atoms with E-state index >= 15 is 0 Å². The summed E-state index contributed by atoms with van der Waals surface area (Å²) >= 11 is 1.53. The monoisotopic (exact) mass is 463 g/mol. The molecule has 0 aliphatic carbocycles. The first-order valence-corrected chi connectivity index (χ1v) is 11.7. The zero-order chi connectivity index (χ0) is 22.8. The maximum absolute atomic E-state index is 13.0. The quantitative estimate of drug-likeness (QED) is 0.437. The molecule has 3 aromatic heterocycles. The van der Waals surface area contributed by atoms with E-state index < -0.39 is 0 Å². The van der Waals surface area contributed by atoms with Crippen LogP contribution in [0.4, 0.5) is 5.82 Å². The molecule has 9 heteroatoms. The highest BCUT2D eigenvalue weighted by Gasteiger charge is 2.23. The molecule has 1 fully saturated rings. The van der Waals surface area contributed by atoms with Gasteiger partial charge in [-0.15, -0.1) is 11.3 Å². The maximum Gasteiger partial charge on any atom is 0.228 e. The second-order valence-corrected chi connectivity index (χ2v) is 8.64. The molecule has 170 valence electrons. The minimum atomic E-state index is 0.129. The van der Waals surface area contributed by atoms with Gasteiger partial charge in [-0.3, -0.25) is 9.20 Å². The van der Waals surface area contributed by atoms with Crippen LogP contribution in [0.5, 0.6) is 11.5 Å². The highest BCUT2D eigenvalue weighted by Crippen LogP contribution is 2.34. The average molecular weight is 464 g/mol. The summed E-state index contributed by atoms with van der Waals surface area (Å²) in [6, 6.07) is 11.6. The molecule has 0 atom stereocenters. The SMILES string of the molecule is COc1ccc(OC)c(-c2cn3c(CC(=O)N4CCN(c5ccccn5)CC4)csc3n2)c1. The third kappa shape index (κ3) is 4.23. The van der Waals surface area contributed by atoms with Crippen molar-refractivity contribution in [1.82, 2.24) is 19.3 Å². The van der Waals surface area contributed by atoms with Gasteiger partial charge in [0.1, 0.15) is 17.3 Å². The topological polar surface area (TPSA) is 72.2 Å². The number of hydrogen-bond donors (Lipinski definition) is 0. The van der Waals surface area contributed by atoms with E-state index in [0.717, 1.165) is 52.3 Å². The number of pyridine rings is 1. The Bertz CT molecular complexity index is 1260. The highest BCUT2D eigenvalue weighted by atomic mass is 32.1. The molecule has 0 bridgehead atoms. The largest absolute Gasteiger partial charge is 0.497 e.